The number of hydrogen-bond donors (Lipinski definition) is 1. The van der Waals surface area contributed by atoms with E-state index in [-0.39, 0.29) is 18.0 Å². The summed E-state index contributed by atoms with van der Waals surface area (Å²) in [7, 11) is 0. The highest BCUT2D eigenvalue weighted by atomic mass is 19.4. The lowest BCUT2D eigenvalue weighted by Gasteiger charge is -2.26. The van der Waals surface area contributed by atoms with Crippen molar-refractivity contribution in [2.45, 2.75) is 6.18 Å². The van der Waals surface area contributed by atoms with E-state index in [1.165, 1.54) is 17.0 Å². The first kappa shape index (κ1) is 13.4. The van der Waals surface area contributed by atoms with Crippen molar-refractivity contribution in [3.63, 3.8) is 0 Å². The van der Waals surface area contributed by atoms with Crippen molar-refractivity contribution in [3.8, 4) is 0 Å². The summed E-state index contributed by atoms with van der Waals surface area (Å²) in [6.07, 6.45) is -4.49. The zero-order chi connectivity index (χ0) is 14.0. The molecule has 1 saturated heterocycles. The van der Waals surface area contributed by atoms with Gasteiger partial charge in [-0.25, -0.2) is 0 Å². The Bertz CT molecular complexity index is 514. The molecule has 4 nitrogen and oxygen atoms in total. The van der Waals surface area contributed by atoms with Gasteiger partial charge in [0, 0.05) is 18.7 Å². The molecule has 102 valence electrons. The van der Waals surface area contributed by atoms with Crippen molar-refractivity contribution in [1.82, 2.24) is 10.2 Å². The van der Waals surface area contributed by atoms with Crippen LogP contribution in [-0.4, -0.2) is 36.3 Å². The summed E-state index contributed by atoms with van der Waals surface area (Å²) in [5.41, 5.74) is -0.940. The van der Waals surface area contributed by atoms with Crippen LogP contribution in [0.4, 0.5) is 13.2 Å². The van der Waals surface area contributed by atoms with Crippen LogP contribution in [0.2, 0.25) is 0 Å². The van der Waals surface area contributed by atoms with Gasteiger partial charge < -0.3 is 10.2 Å². The normalized spacial score (nSPS) is 16.2. The fraction of sp³-hybridized carbons (Fsp3) is 0.333. The molecule has 1 N–H and O–H groups in total. The first-order valence-electron chi connectivity index (χ1n) is 5.61. The number of halogens is 3. The monoisotopic (exact) mass is 272 g/mol. The summed E-state index contributed by atoms with van der Waals surface area (Å²) >= 11 is 0. The van der Waals surface area contributed by atoms with Crippen LogP contribution in [0.5, 0.6) is 0 Å². The van der Waals surface area contributed by atoms with Gasteiger partial charge in [0.1, 0.15) is 0 Å². The molecule has 0 radical (unpaired) electrons. The van der Waals surface area contributed by atoms with E-state index in [2.05, 4.69) is 5.32 Å². The Labute approximate surface area is 107 Å². The number of carbonyl (C=O) groups excluding carboxylic acids is 2. The van der Waals surface area contributed by atoms with E-state index in [9.17, 15) is 22.8 Å². The van der Waals surface area contributed by atoms with Crippen LogP contribution in [0.1, 0.15) is 15.9 Å². The molecule has 0 aliphatic carbocycles. The molecule has 1 heterocycles. The molecule has 1 aromatic carbocycles. The summed E-state index contributed by atoms with van der Waals surface area (Å²) in [5, 5.41) is 2.54. The van der Waals surface area contributed by atoms with E-state index >= 15 is 0 Å². The van der Waals surface area contributed by atoms with Crippen LogP contribution in [0.25, 0.3) is 0 Å². The number of piperazine rings is 1. The van der Waals surface area contributed by atoms with Gasteiger partial charge in [-0.15, -0.1) is 0 Å². The molecule has 1 fully saturated rings. The number of alkyl halides is 3. The molecular weight excluding hydrogens is 261 g/mol. The second kappa shape index (κ2) is 4.91. The highest BCUT2D eigenvalue weighted by molar-refractivity contribution is 5.97. The molecule has 0 unspecified atom stereocenters. The standard InChI is InChI=1S/C12H11F3N2O2/c13-12(14,15)9-3-1-2-8(6-9)11(19)17-5-4-16-10(18)7-17/h1-3,6H,4-5,7H2,(H,16,18). The highest BCUT2D eigenvalue weighted by Crippen LogP contribution is 2.29. The summed E-state index contributed by atoms with van der Waals surface area (Å²) in [5.74, 6) is -0.882. The molecule has 0 bridgehead atoms. The van der Waals surface area contributed by atoms with Crippen molar-refractivity contribution in [2.75, 3.05) is 19.6 Å². The van der Waals surface area contributed by atoms with Crippen molar-refractivity contribution < 1.29 is 22.8 Å². The smallest absolute Gasteiger partial charge is 0.353 e. The van der Waals surface area contributed by atoms with Crippen LogP contribution in [-0.2, 0) is 11.0 Å². The average Bonchev–Trinajstić information content (AvgIpc) is 2.37. The second-order valence-electron chi connectivity index (χ2n) is 4.16. The zero-order valence-corrected chi connectivity index (χ0v) is 9.83. The predicted octanol–water partition coefficient (Wildman–Crippen LogP) is 1.28. The molecule has 1 aromatic rings. The lowest BCUT2D eigenvalue weighted by Crippen LogP contribution is -2.50. The largest absolute Gasteiger partial charge is 0.416 e. The predicted molar refractivity (Wildman–Crippen MR) is 60.4 cm³/mol. The maximum absolute atomic E-state index is 12.5. The number of carbonyl (C=O) groups is 2. The second-order valence-corrected chi connectivity index (χ2v) is 4.16. The van der Waals surface area contributed by atoms with Crippen LogP contribution >= 0.6 is 0 Å². The van der Waals surface area contributed by atoms with E-state index in [4.69, 9.17) is 0 Å². The maximum atomic E-state index is 12.5. The lowest BCUT2D eigenvalue weighted by molar-refractivity contribution is -0.137. The molecule has 2 amide bonds. The van der Waals surface area contributed by atoms with Gasteiger partial charge in [-0.05, 0) is 18.2 Å². The van der Waals surface area contributed by atoms with E-state index in [0.717, 1.165) is 12.1 Å². The quantitative estimate of drug-likeness (QED) is 0.837. The van der Waals surface area contributed by atoms with Crippen LogP contribution in [0, 0.1) is 0 Å². The van der Waals surface area contributed by atoms with Crippen molar-refractivity contribution in [1.29, 1.82) is 0 Å². The minimum Gasteiger partial charge on any atom is -0.353 e. The lowest BCUT2D eigenvalue weighted by atomic mass is 10.1. The Kier molecular flexibility index (Phi) is 3.46. The Hall–Kier alpha value is -2.05. The molecule has 2 rings (SSSR count). The molecule has 7 heteroatoms. The molecular formula is C12H11F3N2O2. The van der Waals surface area contributed by atoms with Crippen molar-refractivity contribution in [2.24, 2.45) is 0 Å². The summed E-state index contributed by atoms with van der Waals surface area (Å²) in [4.78, 5) is 24.4. The molecule has 19 heavy (non-hydrogen) atoms. The Morgan fingerprint density at radius 2 is 2.05 bits per heavy atom. The third kappa shape index (κ3) is 3.04. The SMILES string of the molecule is O=C1CN(C(=O)c2cccc(C(F)(F)F)c2)CCN1. The van der Waals surface area contributed by atoms with Gasteiger partial charge in [0.25, 0.3) is 5.91 Å². The van der Waals surface area contributed by atoms with Gasteiger partial charge in [0.2, 0.25) is 5.91 Å². The van der Waals surface area contributed by atoms with E-state index < -0.39 is 17.6 Å². The molecule has 1 aliphatic heterocycles. The average molecular weight is 272 g/mol. The number of nitrogens with zero attached hydrogens (tertiary/aromatic N) is 1. The summed E-state index contributed by atoms with van der Waals surface area (Å²) in [6.45, 7) is 0.472. The molecule has 0 aromatic heterocycles. The van der Waals surface area contributed by atoms with Crippen molar-refractivity contribution >= 4 is 11.8 Å². The molecule has 0 spiro atoms. The van der Waals surface area contributed by atoms with Crippen LogP contribution < -0.4 is 5.32 Å². The third-order valence-electron chi connectivity index (χ3n) is 2.76. The summed E-state index contributed by atoms with van der Waals surface area (Å²) < 4.78 is 37.6. The minimum absolute atomic E-state index is 0.0653. The number of rotatable bonds is 1. The first-order valence-corrected chi connectivity index (χ1v) is 5.61. The minimum atomic E-state index is -4.49. The first-order chi connectivity index (χ1) is 8.88. The Balaban J connectivity index is 2.22. The Morgan fingerprint density at radius 3 is 2.68 bits per heavy atom. The van der Waals surface area contributed by atoms with Gasteiger partial charge in [-0.3, -0.25) is 9.59 Å². The van der Waals surface area contributed by atoms with Gasteiger partial charge >= 0.3 is 6.18 Å². The van der Waals surface area contributed by atoms with E-state index in [0.29, 0.717) is 13.1 Å². The number of amides is 2. The van der Waals surface area contributed by atoms with Crippen molar-refractivity contribution in [3.05, 3.63) is 35.4 Å². The fourth-order valence-electron chi connectivity index (χ4n) is 1.82. The number of benzene rings is 1. The topological polar surface area (TPSA) is 49.4 Å². The zero-order valence-electron chi connectivity index (χ0n) is 9.83. The van der Waals surface area contributed by atoms with E-state index in [1.54, 1.807) is 0 Å². The third-order valence-corrected chi connectivity index (χ3v) is 2.76. The Morgan fingerprint density at radius 1 is 1.32 bits per heavy atom. The molecule has 0 saturated carbocycles. The van der Waals surface area contributed by atoms with Gasteiger partial charge in [-0.1, -0.05) is 6.07 Å². The number of nitrogens with one attached hydrogen (secondary N) is 1. The van der Waals surface area contributed by atoms with E-state index in [1.807, 2.05) is 0 Å². The molecule has 0 atom stereocenters. The summed E-state index contributed by atoms with van der Waals surface area (Å²) in [6, 6.07) is 4.19. The van der Waals surface area contributed by atoms with Gasteiger partial charge in [0.05, 0.1) is 12.1 Å². The van der Waals surface area contributed by atoms with Crippen LogP contribution in [0.15, 0.2) is 24.3 Å². The number of hydrogen-bond acceptors (Lipinski definition) is 2. The fourth-order valence-corrected chi connectivity index (χ4v) is 1.82. The van der Waals surface area contributed by atoms with Crippen LogP contribution in [0.3, 0.4) is 0 Å². The van der Waals surface area contributed by atoms with Gasteiger partial charge in [0.15, 0.2) is 0 Å². The van der Waals surface area contributed by atoms with Gasteiger partial charge in [-0.2, -0.15) is 13.2 Å². The molecule has 1 aliphatic rings. The maximum Gasteiger partial charge on any atom is 0.416 e. The highest BCUT2D eigenvalue weighted by Gasteiger charge is 2.31.